The number of sulfonamides is 1. The second-order valence-electron chi connectivity index (χ2n) is 4.13. The van der Waals surface area contributed by atoms with E-state index in [-0.39, 0.29) is 10.8 Å². The Morgan fingerprint density at radius 2 is 2.00 bits per heavy atom. The summed E-state index contributed by atoms with van der Waals surface area (Å²) in [5.41, 5.74) is 2.70. The van der Waals surface area contributed by atoms with E-state index < -0.39 is 10.0 Å². The summed E-state index contributed by atoms with van der Waals surface area (Å²) in [5.74, 6) is 5.73. The molecule has 1 heterocycles. The molecule has 1 aromatic heterocycles. The first-order chi connectivity index (χ1) is 9.98. The molecule has 0 fully saturated rings. The first-order valence-corrected chi connectivity index (χ1v) is 7.44. The maximum atomic E-state index is 12.6. The highest BCUT2D eigenvalue weighted by Gasteiger charge is 2.33. The number of rotatable bonds is 5. The summed E-state index contributed by atoms with van der Waals surface area (Å²) < 4.78 is 30.9. The number of aromatic amines is 1. The molecule has 0 aliphatic carbocycles. The lowest BCUT2D eigenvalue weighted by molar-refractivity contribution is -0.383. The molecule has 2 aromatic rings. The third-order valence-corrected chi connectivity index (χ3v) is 4.30. The van der Waals surface area contributed by atoms with E-state index >= 15 is 0 Å². The predicted molar refractivity (Wildman–Crippen MR) is 75.5 cm³/mol. The van der Waals surface area contributed by atoms with E-state index in [2.05, 4.69) is 15.5 Å². The molecular formula is C12H16N5O3S+. The second-order valence-corrected chi connectivity index (χ2v) is 5.91. The number of anilines is 1. The topological polar surface area (TPSA) is 112 Å². The lowest BCUT2D eigenvalue weighted by Crippen LogP contribution is -2.50. The van der Waals surface area contributed by atoms with E-state index in [9.17, 15) is 8.42 Å². The normalized spacial score (nSPS) is 11.2. The number of hydrogen-bond donors (Lipinski definition) is 2. The van der Waals surface area contributed by atoms with Crippen LogP contribution >= 0.6 is 0 Å². The highest BCUT2D eigenvalue weighted by atomic mass is 32.2. The Morgan fingerprint density at radius 3 is 2.57 bits per heavy atom. The van der Waals surface area contributed by atoms with Gasteiger partial charge in [0.25, 0.3) is 5.88 Å². The van der Waals surface area contributed by atoms with E-state index in [1.54, 1.807) is 31.2 Å². The van der Waals surface area contributed by atoms with Gasteiger partial charge in [-0.3, -0.25) is 0 Å². The average Bonchev–Trinajstić information content (AvgIpc) is 2.48. The number of nitrogens with one attached hydrogen (secondary N) is 2. The predicted octanol–water partition coefficient (Wildman–Crippen LogP) is -0.214. The summed E-state index contributed by atoms with van der Waals surface area (Å²) in [7, 11) is -2.44. The van der Waals surface area contributed by atoms with E-state index in [1.807, 2.05) is 0 Å². The number of hydrazine groups is 2. The van der Waals surface area contributed by atoms with Gasteiger partial charge in [-0.05, 0) is 19.1 Å². The lowest BCUT2D eigenvalue weighted by atomic mass is 10.4. The van der Waals surface area contributed by atoms with Crippen LogP contribution in [0, 0.1) is 6.92 Å². The number of hydrogen-bond acceptors (Lipinski definition) is 6. The van der Waals surface area contributed by atoms with Crippen molar-refractivity contribution in [2.75, 3.05) is 11.5 Å². The van der Waals surface area contributed by atoms with Gasteiger partial charge in [-0.2, -0.15) is 8.42 Å². The van der Waals surface area contributed by atoms with Gasteiger partial charge in [-0.15, -0.1) is 5.53 Å². The van der Waals surface area contributed by atoms with Crippen molar-refractivity contribution in [3.05, 3.63) is 42.1 Å². The Kier molecular flexibility index (Phi) is 4.36. The number of aryl methyl sites for hydroxylation is 1. The van der Waals surface area contributed by atoms with E-state index in [1.165, 1.54) is 19.2 Å². The summed E-state index contributed by atoms with van der Waals surface area (Å²) in [6.45, 7) is 1.71. The Balaban J connectivity index is 2.52. The summed E-state index contributed by atoms with van der Waals surface area (Å²) in [5, 5.41) is 0. The number of methoxy groups -OCH3 is 1. The third kappa shape index (κ3) is 3.10. The van der Waals surface area contributed by atoms with E-state index in [0.29, 0.717) is 11.6 Å². The molecule has 112 valence electrons. The largest absolute Gasteiger partial charge is 0.471 e. The molecule has 0 aliphatic heterocycles. The smallest absolute Gasteiger partial charge is 0.428 e. The monoisotopic (exact) mass is 310 g/mol. The van der Waals surface area contributed by atoms with Crippen LogP contribution < -0.4 is 25.5 Å². The molecule has 0 spiro atoms. The molecule has 0 bridgehead atoms. The molecule has 0 aliphatic rings. The van der Waals surface area contributed by atoms with Gasteiger partial charge in [0.15, 0.2) is 0 Å². The summed E-state index contributed by atoms with van der Waals surface area (Å²) in [4.78, 5) is 6.93. The van der Waals surface area contributed by atoms with Crippen molar-refractivity contribution in [1.29, 1.82) is 0 Å². The summed E-state index contributed by atoms with van der Waals surface area (Å²) in [6.07, 6.45) is 0. The minimum Gasteiger partial charge on any atom is -0.471 e. The molecule has 0 unspecified atom stereocenters. The van der Waals surface area contributed by atoms with Crippen molar-refractivity contribution in [1.82, 2.24) is 10.5 Å². The SMILES string of the molecule is COc1cc(C)nc(N(NN)S(=O)(=O)c2ccccc2)[nH+]1. The van der Waals surface area contributed by atoms with Gasteiger partial charge in [-0.25, -0.2) is 10.8 Å². The molecular weight excluding hydrogens is 294 g/mol. The number of H-pyrrole nitrogens is 1. The fourth-order valence-electron chi connectivity index (χ4n) is 1.71. The first-order valence-electron chi connectivity index (χ1n) is 6.00. The van der Waals surface area contributed by atoms with Crippen molar-refractivity contribution < 1.29 is 18.1 Å². The zero-order valence-corrected chi connectivity index (χ0v) is 12.4. The lowest BCUT2D eigenvalue weighted by Gasteiger charge is -2.14. The molecule has 9 heteroatoms. The van der Waals surface area contributed by atoms with Crippen LogP contribution in [0.1, 0.15) is 5.69 Å². The Morgan fingerprint density at radius 1 is 1.33 bits per heavy atom. The number of nitrogens with zero attached hydrogens (tertiary/aromatic N) is 2. The van der Waals surface area contributed by atoms with Crippen LogP contribution in [0.2, 0.25) is 0 Å². The number of benzene rings is 1. The summed E-state index contributed by atoms with van der Waals surface area (Å²) in [6, 6.07) is 9.52. The van der Waals surface area contributed by atoms with Gasteiger partial charge in [0.1, 0.15) is 10.6 Å². The number of aromatic nitrogens is 2. The molecule has 0 saturated carbocycles. The van der Waals surface area contributed by atoms with E-state index in [0.717, 1.165) is 4.41 Å². The molecule has 4 N–H and O–H groups in total. The molecule has 1 aromatic carbocycles. The highest BCUT2D eigenvalue weighted by molar-refractivity contribution is 7.92. The Hall–Kier alpha value is -2.23. The third-order valence-electron chi connectivity index (χ3n) is 2.67. The molecule has 0 saturated heterocycles. The van der Waals surface area contributed by atoms with Gasteiger partial charge in [0, 0.05) is 0 Å². The Bertz CT molecular complexity index is 721. The second kappa shape index (κ2) is 6.04. The van der Waals surface area contributed by atoms with Crippen LogP contribution in [-0.4, -0.2) is 20.5 Å². The molecule has 2 rings (SSSR count). The molecule has 21 heavy (non-hydrogen) atoms. The van der Waals surface area contributed by atoms with Crippen LogP contribution in [0.4, 0.5) is 5.95 Å². The Labute approximate surface area is 122 Å². The van der Waals surface area contributed by atoms with Crippen molar-refractivity contribution >= 4 is 16.0 Å². The van der Waals surface area contributed by atoms with E-state index in [4.69, 9.17) is 10.6 Å². The molecule has 0 amide bonds. The van der Waals surface area contributed by atoms with Crippen LogP contribution in [0.3, 0.4) is 0 Å². The molecule has 8 nitrogen and oxygen atoms in total. The van der Waals surface area contributed by atoms with Gasteiger partial charge >= 0.3 is 16.0 Å². The van der Waals surface area contributed by atoms with Crippen molar-refractivity contribution in [2.45, 2.75) is 11.8 Å². The number of nitrogens with two attached hydrogens (primary N) is 1. The maximum absolute atomic E-state index is 12.6. The molecule has 0 atom stereocenters. The number of ether oxygens (including phenoxy) is 1. The quantitative estimate of drug-likeness (QED) is 0.583. The fourth-order valence-corrected chi connectivity index (χ4v) is 2.88. The standard InChI is InChI=1S/C12H15N5O3S/c1-9-8-11(20-2)15-12(14-9)17(16-13)21(18,19)10-6-4-3-5-7-10/h3-8,16H,13H2,1-2H3/p+1. The van der Waals surface area contributed by atoms with Crippen molar-refractivity contribution in [3.63, 3.8) is 0 Å². The maximum Gasteiger partial charge on any atom is 0.428 e. The van der Waals surface area contributed by atoms with Gasteiger partial charge in [0.2, 0.25) is 0 Å². The highest BCUT2D eigenvalue weighted by Crippen LogP contribution is 2.17. The average molecular weight is 310 g/mol. The summed E-state index contributed by atoms with van der Waals surface area (Å²) >= 11 is 0. The van der Waals surface area contributed by atoms with Crippen LogP contribution in [-0.2, 0) is 10.0 Å². The van der Waals surface area contributed by atoms with Crippen molar-refractivity contribution in [3.8, 4) is 5.88 Å². The first kappa shape index (κ1) is 15.2. The van der Waals surface area contributed by atoms with Crippen LogP contribution in [0.15, 0.2) is 41.3 Å². The van der Waals surface area contributed by atoms with Gasteiger partial charge < -0.3 is 4.74 Å². The van der Waals surface area contributed by atoms with Crippen LogP contribution in [0.5, 0.6) is 5.88 Å². The van der Waals surface area contributed by atoms with Crippen LogP contribution in [0.25, 0.3) is 0 Å². The van der Waals surface area contributed by atoms with Gasteiger partial charge in [-0.1, -0.05) is 27.6 Å². The zero-order chi connectivity index (χ0) is 15.5. The van der Waals surface area contributed by atoms with Crippen molar-refractivity contribution in [2.24, 2.45) is 5.84 Å². The zero-order valence-electron chi connectivity index (χ0n) is 11.6. The minimum atomic E-state index is -3.90. The van der Waals surface area contributed by atoms with Gasteiger partial charge in [0.05, 0.1) is 13.2 Å². The fraction of sp³-hybridized carbons (Fsp3) is 0.167. The molecule has 0 radical (unpaired) electrons. The minimum absolute atomic E-state index is 0.00166.